The lowest BCUT2D eigenvalue weighted by atomic mass is 9.97. The van der Waals surface area contributed by atoms with E-state index in [1.54, 1.807) is 11.3 Å². The van der Waals surface area contributed by atoms with Crippen LogP contribution in [-0.4, -0.2) is 46.9 Å². The van der Waals surface area contributed by atoms with E-state index < -0.39 is 12.0 Å². The zero-order valence-corrected chi connectivity index (χ0v) is 15.1. The van der Waals surface area contributed by atoms with E-state index >= 15 is 0 Å². The second-order valence-electron chi connectivity index (χ2n) is 7.37. The maximum atomic E-state index is 12.9. The summed E-state index contributed by atoms with van der Waals surface area (Å²) < 4.78 is 5.67. The van der Waals surface area contributed by atoms with Crippen molar-refractivity contribution in [2.75, 3.05) is 14.1 Å². The molecule has 5 nitrogen and oxygen atoms in total. The van der Waals surface area contributed by atoms with Crippen LogP contribution in [0.4, 0.5) is 0 Å². The maximum absolute atomic E-state index is 12.9. The topological polar surface area (TPSA) is 53.0 Å². The van der Waals surface area contributed by atoms with Crippen LogP contribution in [0.25, 0.3) is 0 Å². The van der Waals surface area contributed by atoms with E-state index in [9.17, 15) is 9.90 Å². The van der Waals surface area contributed by atoms with E-state index in [1.807, 2.05) is 51.3 Å². The van der Waals surface area contributed by atoms with E-state index in [4.69, 9.17) is 4.74 Å². The Morgan fingerprint density at radius 3 is 2.78 bits per heavy atom. The zero-order valence-electron chi connectivity index (χ0n) is 14.2. The summed E-state index contributed by atoms with van der Waals surface area (Å²) in [6, 6.07) is 1.93. The molecule has 0 saturated carbocycles. The molecule has 0 bridgehead atoms. The second kappa shape index (κ2) is 5.61. The third-order valence-electron chi connectivity index (χ3n) is 4.16. The van der Waals surface area contributed by atoms with Crippen molar-refractivity contribution in [3.63, 3.8) is 0 Å². The summed E-state index contributed by atoms with van der Waals surface area (Å²) in [6.45, 7) is 5.61. The summed E-state index contributed by atoms with van der Waals surface area (Å²) >= 11 is 1.72. The van der Waals surface area contributed by atoms with E-state index in [0.717, 1.165) is 17.6 Å². The van der Waals surface area contributed by atoms with Gasteiger partial charge >= 0.3 is 0 Å². The van der Waals surface area contributed by atoms with E-state index in [1.165, 1.54) is 9.78 Å². The van der Waals surface area contributed by atoms with Gasteiger partial charge in [0.25, 0.3) is 5.91 Å². The minimum Gasteiger partial charge on any atom is -0.383 e. The highest BCUT2D eigenvalue weighted by Crippen LogP contribution is 2.52. The maximum Gasteiger partial charge on any atom is 0.256 e. The van der Waals surface area contributed by atoms with Crippen molar-refractivity contribution in [1.82, 2.24) is 9.80 Å². The Morgan fingerprint density at radius 2 is 2.17 bits per heavy atom. The first-order valence-electron chi connectivity index (χ1n) is 7.82. The normalized spacial score (nSPS) is 26.6. The summed E-state index contributed by atoms with van der Waals surface area (Å²) in [5.74, 6) is -0.0483. The highest BCUT2D eigenvalue weighted by Gasteiger charge is 2.52. The van der Waals surface area contributed by atoms with Gasteiger partial charge in [0.05, 0.1) is 11.6 Å². The molecular weight excluding hydrogens is 312 g/mol. The van der Waals surface area contributed by atoms with Crippen molar-refractivity contribution >= 4 is 17.2 Å². The Hall–Kier alpha value is -1.37. The van der Waals surface area contributed by atoms with Crippen LogP contribution >= 0.6 is 11.3 Å². The molecule has 2 aliphatic rings. The molecule has 3 unspecified atom stereocenters. The fourth-order valence-corrected chi connectivity index (χ4v) is 4.39. The molecule has 23 heavy (non-hydrogen) atoms. The van der Waals surface area contributed by atoms with Crippen molar-refractivity contribution in [2.24, 2.45) is 5.92 Å². The summed E-state index contributed by atoms with van der Waals surface area (Å²) in [5, 5.41) is 12.6. The summed E-state index contributed by atoms with van der Waals surface area (Å²) in [5.41, 5.74) is 1.37. The number of rotatable bonds is 3. The fraction of sp³-hybridized carbons (Fsp3) is 0.588. The van der Waals surface area contributed by atoms with Crippen LogP contribution < -0.4 is 0 Å². The Balaban J connectivity index is 1.99. The number of carbonyl (C=O) groups is 1. The van der Waals surface area contributed by atoms with Gasteiger partial charge in [-0.15, -0.1) is 11.3 Å². The number of hydrogen-bond donors (Lipinski definition) is 1. The van der Waals surface area contributed by atoms with E-state index in [2.05, 4.69) is 6.07 Å². The van der Waals surface area contributed by atoms with Gasteiger partial charge in [0.15, 0.2) is 0 Å². The van der Waals surface area contributed by atoms with Gasteiger partial charge in [0, 0.05) is 36.7 Å². The molecule has 1 fully saturated rings. The van der Waals surface area contributed by atoms with Crippen LogP contribution in [0, 0.1) is 5.92 Å². The van der Waals surface area contributed by atoms with Crippen molar-refractivity contribution in [1.29, 1.82) is 0 Å². The van der Waals surface area contributed by atoms with Gasteiger partial charge in [-0.05, 0) is 44.2 Å². The van der Waals surface area contributed by atoms with Gasteiger partial charge in [-0.1, -0.05) is 0 Å². The Bertz CT molecular complexity index is 645. The molecule has 3 rings (SSSR count). The fourth-order valence-electron chi connectivity index (χ4n) is 3.41. The molecular formula is C17H24N2O3S. The Kier molecular flexibility index (Phi) is 4.02. The molecule has 1 aliphatic heterocycles. The SMILES string of the molecule is CN(C)/C=C1\C(=O)N(C(O)OC(C)(C)C)C2c3ccsc3CC12. The number of aliphatic hydroxyl groups is 1. The van der Waals surface area contributed by atoms with E-state index in [-0.39, 0.29) is 17.9 Å². The third-order valence-corrected chi connectivity index (χ3v) is 5.12. The van der Waals surface area contributed by atoms with Crippen molar-refractivity contribution in [3.05, 3.63) is 33.7 Å². The molecule has 1 saturated heterocycles. The summed E-state index contributed by atoms with van der Waals surface area (Å²) in [6.07, 6.45) is 1.48. The third kappa shape index (κ3) is 2.91. The first-order chi connectivity index (χ1) is 10.7. The van der Waals surface area contributed by atoms with Gasteiger partial charge in [-0.3, -0.25) is 9.69 Å². The minimum absolute atomic E-state index is 0.0885. The van der Waals surface area contributed by atoms with Gasteiger partial charge in [0.2, 0.25) is 6.41 Å². The summed E-state index contributed by atoms with van der Waals surface area (Å²) in [4.78, 5) is 17.6. The molecule has 0 spiro atoms. The predicted octanol–water partition coefficient (Wildman–Crippen LogP) is 2.34. The molecule has 1 aliphatic carbocycles. The molecule has 1 aromatic rings. The van der Waals surface area contributed by atoms with Crippen LogP contribution in [0.5, 0.6) is 0 Å². The van der Waals surface area contributed by atoms with Gasteiger partial charge < -0.3 is 14.7 Å². The lowest BCUT2D eigenvalue weighted by molar-refractivity contribution is -0.240. The molecule has 2 heterocycles. The number of aliphatic hydroxyl groups excluding tert-OH is 1. The van der Waals surface area contributed by atoms with Crippen LogP contribution in [0.3, 0.4) is 0 Å². The highest BCUT2D eigenvalue weighted by molar-refractivity contribution is 7.10. The smallest absolute Gasteiger partial charge is 0.256 e. The minimum atomic E-state index is -1.24. The van der Waals surface area contributed by atoms with Crippen LogP contribution in [0.1, 0.15) is 37.3 Å². The average molecular weight is 336 g/mol. The monoisotopic (exact) mass is 336 g/mol. The average Bonchev–Trinajstić information content (AvgIpc) is 3.01. The zero-order chi connectivity index (χ0) is 16.9. The number of nitrogens with zero attached hydrogens (tertiary/aromatic N) is 2. The quantitative estimate of drug-likeness (QED) is 0.680. The number of carbonyl (C=O) groups excluding carboxylic acids is 1. The number of amides is 1. The number of hydrogen-bond acceptors (Lipinski definition) is 5. The van der Waals surface area contributed by atoms with Gasteiger partial charge in [-0.25, -0.2) is 0 Å². The van der Waals surface area contributed by atoms with Gasteiger partial charge in [0.1, 0.15) is 0 Å². The largest absolute Gasteiger partial charge is 0.383 e. The predicted molar refractivity (Wildman–Crippen MR) is 89.7 cm³/mol. The number of ether oxygens (including phenoxy) is 1. The van der Waals surface area contributed by atoms with Crippen LogP contribution in [0.15, 0.2) is 23.2 Å². The Morgan fingerprint density at radius 1 is 1.48 bits per heavy atom. The van der Waals surface area contributed by atoms with Gasteiger partial charge in [-0.2, -0.15) is 0 Å². The molecule has 0 radical (unpaired) electrons. The molecule has 1 amide bonds. The first-order valence-corrected chi connectivity index (χ1v) is 8.70. The number of thiophene rings is 1. The van der Waals surface area contributed by atoms with Crippen molar-refractivity contribution in [3.8, 4) is 0 Å². The lowest BCUT2D eigenvalue weighted by Gasteiger charge is -2.33. The molecule has 3 atom stereocenters. The molecule has 1 N–H and O–H groups in total. The lowest BCUT2D eigenvalue weighted by Crippen LogP contribution is -2.43. The Labute approximate surface area is 141 Å². The molecule has 6 heteroatoms. The van der Waals surface area contributed by atoms with Crippen molar-refractivity contribution < 1.29 is 14.6 Å². The second-order valence-corrected chi connectivity index (χ2v) is 8.37. The van der Waals surface area contributed by atoms with Crippen LogP contribution in [-0.2, 0) is 16.0 Å². The highest BCUT2D eigenvalue weighted by atomic mass is 32.1. The molecule has 126 valence electrons. The van der Waals surface area contributed by atoms with Crippen LogP contribution in [0.2, 0.25) is 0 Å². The number of likely N-dealkylation sites (tertiary alicyclic amines) is 1. The molecule has 1 aromatic heterocycles. The number of fused-ring (bicyclic) bond motifs is 3. The first kappa shape index (κ1) is 16.5. The molecule has 0 aromatic carbocycles. The van der Waals surface area contributed by atoms with Crippen molar-refractivity contribution in [2.45, 2.75) is 45.2 Å². The summed E-state index contributed by atoms with van der Waals surface area (Å²) in [7, 11) is 3.81. The standard InChI is InChI=1S/C17H24N2O3S/c1-17(2,3)22-16(21)19-14-10-6-7-23-13(10)8-11(14)12(15(19)20)9-18(4)5/h6-7,9,11,14,16,21H,8H2,1-5H3/b12-9-. The van der Waals surface area contributed by atoms with E-state index in [0.29, 0.717) is 0 Å².